The van der Waals surface area contributed by atoms with Crippen LogP contribution in [0.4, 0.5) is 5.82 Å². The highest BCUT2D eigenvalue weighted by Crippen LogP contribution is 2.28. The fraction of sp³-hybridized carbons (Fsp3) is 0.158. The van der Waals surface area contributed by atoms with E-state index in [1.807, 2.05) is 24.3 Å². The molecule has 134 valence electrons. The fourth-order valence-corrected chi connectivity index (χ4v) is 2.81. The summed E-state index contributed by atoms with van der Waals surface area (Å²) < 4.78 is 12.2. The van der Waals surface area contributed by atoms with Gasteiger partial charge in [0.2, 0.25) is 0 Å². The average molecular weight is 372 g/mol. The molecule has 7 heteroatoms. The summed E-state index contributed by atoms with van der Waals surface area (Å²) in [5.41, 5.74) is 1.34. The van der Waals surface area contributed by atoms with Crippen LogP contribution in [0.15, 0.2) is 54.7 Å². The number of halogens is 1. The van der Waals surface area contributed by atoms with E-state index in [1.165, 1.54) is 14.2 Å². The third-order valence-electron chi connectivity index (χ3n) is 3.77. The molecule has 26 heavy (non-hydrogen) atoms. The van der Waals surface area contributed by atoms with Gasteiger partial charge in [0, 0.05) is 17.3 Å². The van der Waals surface area contributed by atoms with Crippen LogP contribution in [0.25, 0.3) is 0 Å². The van der Waals surface area contributed by atoms with Gasteiger partial charge < -0.3 is 14.8 Å². The largest absolute Gasteiger partial charge is 0.496 e. The summed E-state index contributed by atoms with van der Waals surface area (Å²) in [5, 5.41) is 7.81. The summed E-state index contributed by atoms with van der Waals surface area (Å²) in [6.45, 7) is 0.550. The molecule has 0 atom stereocenters. The minimum Gasteiger partial charge on any atom is -0.496 e. The molecule has 1 amide bonds. The Labute approximate surface area is 156 Å². The zero-order chi connectivity index (χ0) is 18.5. The maximum absolute atomic E-state index is 12.6. The molecule has 0 aliphatic carbocycles. The number of nitrogens with one attached hydrogen (secondary N) is 1. The predicted octanol–water partition coefficient (Wildman–Crippen LogP) is 3.85. The first-order chi connectivity index (χ1) is 12.6. The summed E-state index contributed by atoms with van der Waals surface area (Å²) in [4.78, 5) is 12.6. The van der Waals surface area contributed by atoms with Gasteiger partial charge >= 0.3 is 0 Å². The quantitative estimate of drug-likeness (QED) is 0.714. The number of rotatable bonds is 6. The smallest absolute Gasteiger partial charge is 0.264 e. The second kappa shape index (κ2) is 7.93. The van der Waals surface area contributed by atoms with E-state index in [2.05, 4.69) is 10.4 Å². The van der Waals surface area contributed by atoms with E-state index in [0.717, 1.165) is 5.56 Å². The van der Waals surface area contributed by atoms with Gasteiger partial charge in [-0.05, 0) is 29.8 Å². The van der Waals surface area contributed by atoms with Crippen molar-refractivity contribution >= 4 is 23.3 Å². The van der Waals surface area contributed by atoms with E-state index in [9.17, 15) is 4.79 Å². The summed E-state index contributed by atoms with van der Waals surface area (Å²) in [7, 11) is 3.01. The summed E-state index contributed by atoms with van der Waals surface area (Å²) in [5.74, 6) is 0.942. The lowest BCUT2D eigenvalue weighted by molar-refractivity contribution is 0.102. The Hall–Kier alpha value is -2.99. The van der Waals surface area contributed by atoms with Crippen molar-refractivity contribution < 1.29 is 14.3 Å². The molecule has 1 heterocycles. The molecule has 0 aliphatic heterocycles. The average Bonchev–Trinajstić information content (AvgIpc) is 3.07. The molecule has 0 aliphatic rings. The van der Waals surface area contributed by atoms with Crippen LogP contribution in [0.2, 0.25) is 5.02 Å². The number of benzene rings is 2. The van der Waals surface area contributed by atoms with Crippen LogP contribution in [0.5, 0.6) is 11.5 Å². The zero-order valence-electron chi connectivity index (χ0n) is 14.4. The first kappa shape index (κ1) is 17.8. The second-order valence-electron chi connectivity index (χ2n) is 5.52. The van der Waals surface area contributed by atoms with Crippen LogP contribution in [-0.2, 0) is 6.54 Å². The third kappa shape index (κ3) is 3.97. The predicted molar refractivity (Wildman–Crippen MR) is 100 cm³/mol. The molecule has 0 radical (unpaired) electrons. The molecule has 0 unspecified atom stereocenters. The molecule has 0 saturated carbocycles. The van der Waals surface area contributed by atoms with Crippen molar-refractivity contribution in [2.75, 3.05) is 19.5 Å². The lowest BCUT2D eigenvalue weighted by Gasteiger charge is -2.12. The fourth-order valence-electron chi connectivity index (χ4n) is 2.59. The Morgan fingerprint density at radius 3 is 2.46 bits per heavy atom. The van der Waals surface area contributed by atoms with Crippen LogP contribution < -0.4 is 14.8 Å². The number of carbonyl (C=O) groups excluding carboxylic acids is 1. The maximum Gasteiger partial charge on any atom is 0.264 e. The lowest BCUT2D eigenvalue weighted by atomic mass is 10.1. The van der Waals surface area contributed by atoms with Crippen molar-refractivity contribution in [3.8, 4) is 11.5 Å². The summed E-state index contributed by atoms with van der Waals surface area (Å²) in [6.07, 6.45) is 1.79. The topological polar surface area (TPSA) is 65.4 Å². The summed E-state index contributed by atoms with van der Waals surface area (Å²) >= 11 is 6.00. The third-order valence-corrected chi connectivity index (χ3v) is 4.01. The molecule has 3 aromatic rings. The van der Waals surface area contributed by atoms with Gasteiger partial charge in [0.1, 0.15) is 17.1 Å². The van der Waals surface area contributed by atoms with E-state index in [0.29, 0.717) is 34.4 Å². The molecule has 0 saturated heterocycles. The van der Waals surface area contributed by atoms with Crippen molar-refractivity contribution in [1.82, 2.24) is 9.78 Å². The summed E-state index contributed by atoms with van der Waals surface area (Å²) in [6, 6.07) is 14.4. The van der Waals surface area contributed by atoms with E-state index >= 15 is 0 Å². The number of hydrogen-bond donors (Lipinski definition) is 1. The molecule has 3 rings (SSSR count). The highest BCUT2D eigenvalue weighted by atomic mass is 35.5. The Morgan fingerprint density at radius 1 is 1.12 bits per heavy atom. The molecule has 1 aromatic heterocycles. The van der Waals surface area contributed by atoms with Crippen molar-refractivity contribution in [1.29, 1.82) is 0 Å². The van der Waals surface area contributed by atoms with Gasteiger partial charge in [-0.25, -0.2) is 0 Å². The van der Waals surface area contributed by atoms with Crippen LogP contribution in [0.3, 0.4) is 0 Å². The van der Waals surface area contributed by atoms with Gasteiger partial charge in [0.15, 0.2) is 5.82 Å². The Morgan fingerprint density at radius 2 is 1.81 bits per heavy atom. The van der Waals surface area contributed by atoms with Gasteiger partial charge in [0.25, 0.3) is 5.91 Å². The SMILES string of the molecule is COc1cccc(OC)c1C(=O)Nc1ccn(Cc2cccc(Cl)c2)n1. The number of anilines is 1. The first-order valence-electron chi connectivity index (χ1n) is 7.91. The normalized spacial score (nSPS) is 10.4. The van der Waals surface area contributed by atoms with Crippen LogP contribution in [0.1, 0.15) is 15.9 Å². The molecular formula is C19H18ClN3O3. The van der Waals surface area contributed by atoms with Crippen molar-refractivity contribution in [3.05, 3.63) is 70.9 Å². The standard InChI is InChI=1S/C19H18ClN3O3/c1-25-15-7-4-8-16(26-2)18(15)19(24)21-17-9-10-23(22-17)12-13-5-3-6-14(20)11-13/h3-11H,12H2,1-2H3,(H,21,22,24). The van der Waals surface area contributed by atoms with Crippen molar-refractivity contribution in [2.24, 2.45) is 0 Å². The molecule has 2 aromatic carbocycles. The Balaban J connectivity index is 1.76. The van der Waals surface area contributed by atoms with Gasteiger partial charge in [0.05, 0.1) is 20.8 Å². The van der Waals surface area contributed by atoms with Crippen molar-refractivity contribution in [3.63, 3.8) is 0 Å². The highest BCUT2D eigenvalue weighted by molar-refractivity contribution is 6.30. The molecule has 1 N–H and O–H groups in total. The van der Waals surface area contributed by atoms with E-state index in [4.69, 9.17) is 21.1 Å². The molecular weight excluding hydrogens is 354 g/mol. The van der Waals surface area contributed by atoms with E-state index in [-0.39, 0.29) is 5.91 Å². The minimum atomic E-state index is -0.354. The highest BCUT2D eigenvalue weighted by Gasteiger charge is 2.19. The Kier molecular flexibility index (Phi) is 5.43. The number of methoxy groups -OCH3 is 2. The number of nitrogens with zero attached hydrogens (tertiary/aromatic N) is 2. The first-order valence-corrected chi connectivity index (χ1v) is 8.28. The minimum absolute atomic E-state index is 0.321. The van der Waals surface area contributed by atoms with Gasteiger partial charge in [-0.2, -0.15) is 5.10 Å². The van der Waals surface area contributed by atoms with E-state index in [1.54, 1.807) is 35.1 Å². The molecule has 0 spiro atoms. The monoisotopic (exact) mass is 371 g/mol. The number of hydrogen-bond acceptors (Lipinski definition) is 4. The zero-order valence-corrected chi connectivity index (χ0v) is 15.2. The van der Waals surface area contributed by atoms with E-state index < -0.39 is 0 Å². The second-order valence-corrected chi connectivity index (χ2v) is 5.96. The number of aromatic nitrogens is 2. The number of amides is 1. The maximum atomic E-state index is 12.6. The van der Waals surface area contributed by atoms with Crippen LogP contribution in [-0.4, -0.2) is 29.9 Å². The molecule has 0 fully saturated rings. The van der Waals surface area contributed by atoms with Gasteiger partial charge in [-0.1, -0.05) is 29.8 Å². The molecule has 0 bridgehead atoms. The number of ether oxygens (including phenoxy) is 2. The van der Waals surface area contributed by atoms with Crippen LogP contribution in [0, 0.1) is 0 Å². The lowest BCUT2D eigenvalue weighted by Crippen LogP contribution is -2.15. The Bertz CT molecular complexity index is 902. The number of carbonyl (C=O) groups is 1. The van der Waals surface area contributed by atoms with Crippen molar-refractivity contribution in [2.45, 2.75) is 6.54 Å². The van der Waals surface area contributed by atoms with Crippen LogP contribution >= 0.6 is 11.6 Å². The van der Waals surface area contributed by atoms with Gasteiger partial charge in [-0.3, -0.25) is 9.48 Å². The van der Waals surface area contributed by atoms with Gasteiger partial charge in [-0.15, -0.1) is 0 Å². The molecule has 6 nitrogen and oxygen atoms in total.